The Balaban J connectivity index is 1.60. The average Bonchev–Trinajstić information content (AvgIpc) is 2.65. The van der Waals surface area contributed by atoms with E-state index in [1.165, 1.54) is 35.2 Å². The van der Waals surface area contributed by atoms with Gasteiger partial charge in [-0.1, -0.05) is 18.2 Å². The van der Waals surface area contributed by atoms with Crippen molar-refractivity contribution in [3.63, 3.8) is 0 Å². The summed E-state index contributed by atoms with van der Waals surface area (Å²) in [5.74, 6) is -0.398. The Bertz CT molecular complexity index is 884. The first-order valence-electron chi connectivity index (χ1n) is 9.36. The molecular weight excluding hydrogens is 356 g/mol. The predicted octanol–water partition coefficient (Wildman–Crippen LogP) is 2.50. The topological polar surface area (TPSA) is 88.8 Å². The molecule has 1 aromatic heterocycles. The number of nitrogens with two attached hydrogens (primary N) is 1. The zero-order chi connectivity index (χ0) is 20.3. The number of aryl methyl sites for hydroxylation is 1. The fraction of sp³-hybridized carbons (Fsp3) is 0.381. The summed E-state index contributed by atoms with van der Waals surface area (Å²) in [7, 11) is 0. The number of benzene rings is 1. The highest BCUT2D eigenvalue weighted by Gasteiger charge is 2.29. The number of ether oxygens (including phenoxy) is 1. The Morgan fingerprint density at radius 1 is 1.25 bits per heavy atom. The Morgan fingerprint density at radius 3 is 2.75 bits per heavy atom. The SMILES string of the molecule is Cc1cccc(CN2CCN(C(=O)Oc3cncc(C(N)=O)c3)[C@H](C)C2)c1C. The molecule has 1 saturated heterocycles. The molecule has 0 saturated carbocycles. The maximum atomic E-state index is 12.6. The molecule has 1 aliphatic heterocycles. The molecule has 7 heteroatoms. The van der Waals surface area contributed by atoms with Crippen LogP contribution in [0.25, 0.3) is 0 Å². The van der Waals surface area contributed by atoms with Crippen molar-refractivity contribution in [1.82, 2.24) is 14.8 Å². The molecule has 28 heavy (non-hydrogen) atoms. The normalized spacial score (nSPS) is 17.4. The largest absolute Gasteiger partial charge is 0.415 e. The van der Waals surface area contributed by atoms with E-state index in [1.807, 2.05) is 6.92 Å². The van der Waals surface area contributed by atoms with Crippen molar-refractivity contribution in [3.8, 4) is 5.75 Å². The van der Waals surface area contributed by atoms with Gasteiger partial charge in [-0.05, 0) is 43.5 Å². The van der Waals surface area contributed by atoms with Crippen molar-refractivity contribution in [2.75, 3.05) is 19.6 Å². The molecule has 2 heterocycles. The first-order chi connectivity index (χ1) is 13.3. The van der Waals surface area contributed by atoms with Crippen LogP contribution in [0, 0.1) is 13.8 Å². The van der Waals surface area contributed by atoms with Crippen LogP contribution in [0.4, 0.5) is 4.79 Å². The van der Waals surface area contributed by atoms with E-state index in [0.29, 0.717) is 6.54 Å². The van der Waals surface area contributed by atoms with Crippen molar-refractivity contribution in [2.45, 2.75) is 33.4 Å². The quantitative estimate of drug-likeness (QED) is 0.878. The van der Waals surface area contributed by atoms with Crippen LogP contribution in [-0.2, 0) is 6.54 Å². The first-order valence-corrected chi connectivity index (χ1v) is 9.36. The highest BCUT2D eigenvalue weighted by Crippen LogP contribution is 2.19. The fourth-order valence-corrected chi connectivity index (χ4v) is 3.44. The van der Waals surface area contributed by atoms with Gasteiger partial charge in [0.2, 0.25) is 5.91 Å². The van der Waals surface area contributed by atoms with E-state index < -0.39 is 12.0 Å². The van der Waals surface area contributed by atoms with E-state index in [4.69, 9.17) is 10.5 Å². The minimum Gasteiger partial charge on any atom is -0.409 e. The van der Waals surface area contributed by atoms with Crippen LogP contribution in [0.3, 0.4) is 0 Å². The lowest BCUT2D eigenvalue weighted by Crippen LogP contribution is -2.54. The molecular formula is C21H26N4O3. The van der Waals surface area contributed by atoms with Gasteiger partial charge in [0.25, 0.3) is 0 Å². The number of piperazine rings is 1. The van der Waals surface area contributed by atoms with Gasteiger partial charge < -0.3 is 15.4 Å². The molecule has 0 radical (unpaired) electrons. The Morgan fingerprint density at radius 2 is 2.04 bits per heavy atom. The third kappa shape index (κ3) is 4.48. The second-order valence-electron chi connectivity index (χ2n) is 7.28. The van der Waals surface area contributed by atoms with Gasteiger partial charge in [0.05, 0.1) is 11.8 Å². The number of nitrogens with zero attached hydrogens (tertiary/aromatic N) is 3. The first kappa shape index (κ1) is 19.8. The summed E-state index contributed by atoms with van der Waals surface area (Å²) < 4.78 is 5.40. The number of primary amides is 1. The van der Waals surface area contributed by atoms with Gasteiger partial charge in [0.15, 0.2) is 5.75 Å². The molecule has 1 atom stereocenters. The number of aromatic nitrogens is 1. The van der Waals surface area contributed by atoms with Gasteiger partial charge in [-0.3, -0.25) is 14.7 Å². The second-order valence-corrected chi connectivity index (χ2v) is 7.28. The average molecular weight is 382 g/mol. The van der Waals surface area contributed by atoms with E-state index >= 15 is 0 Å². The number of rotatable bonds is 4. The molecule has 2 amide bonds. The van der Waals surface area contributed by atoms with Gasteiger partial charge in [0.1, 0.15) is 0 Å². The lowest BCUT2D eigenvalue weighted by Gasteiger charge is -2.39. The predicted molar refractivity (Wildman–Crippen MR) is 106 cm³/mol. The van der Waals surface area contributed by atoms with Crippen molar-refractivity contribution >= 4 is 12.0 Å². The van der Waals surface area contributed by atoms with Crippen molar-refractivity contribution in [2.24, 2.45) is 5.73 Å². The standard InChI is InChI=1S/C21H26N4O3/c1-14-5-4-6-17(16(14)3)13-24-7-8-25(15(2)12-24)21(27)28-19-9-18(20(22)26)10-23-11-19/h4-6,9-11,15H,7-8,12-13H2,1-3H3,(H2,22,26)/t15-/m1/s1. The summed E-state index contributed by atoms with van der Waals surface area (Å²) in [6, 6.07) is 7.81. The van der Waals surface area contributed by atoms with E-state index in [1.54, 1.807) is 4.90 Å². The third-order valence-corrected chi connectivity index (χ3v) is 5.26. The number of carbonyl (C=O) groups is 2. The smallest absolute Gasteiger partial charge is 0.409 e. The van der Waals surface area contributed by atoms with Gasteiger partial charge in [-0.25, -0.2) is 4.79 Å². The Labute approximate surface area is 165 Å². The summed E-state index contributed by atoms with van der Waals surface area (Å²) in [6.45, 7) is 9.26. The Hall–Kier alpha value is -2.93. The maximum absolute atomic E-state index is 12.6. The molecule has 148 valence electrons. The second kappa shape index (κ2) is 8.39. The van der Waals surface area contributed by atoms with E-state index in [2.05, 4.69) is 41.9 Å². The molecule has 1 aliphatic rings. The summed E-state index contributed by atoms with van der Waals surface area (Å²) in [5.41, 5.74) is 9.37. The van der Waals surface area contributed by atoms with Gasteiger partial charge >= 0.3 is 6.09 Å². The number of carbonyl (C=O) groups excluding carboxylic acids is 2. The minimum atomic E-state index is -0.612. The molecule has 0 unspecified atom stereocenters. The summed E-state index contributed by atoms with van der Waals surface area (Å²) >= 11 is 0. The summed E-state index contributed by atoms with van der Waals surface area (Å²) in [5, 5.41) is 0. The molecule has 7 nitrogen and oxygen atoms in total. The summed E-state index contributed by atoms with van der Waals surface area (Å²) in [6.07, 6.45) is 2.29. The molecule has 0 spiro atoms. The number of hydrogen-bond acceptors (Lipinski definition) is 5. The maximum Gasteiger partial charge on any atom is 0.415 e. The van der Waals surface area contributed by atoms with Crippen LogP contribution in [-0.4, -0.2) is 52.5 Å². The monoisotopic (exact) mass is 382 g/mol. The van der Waals surface area contributed by atoms with Crippen LogP contribution < -0.4 is 10.5 Å². The fourth-order valence-electron chi connectivity index (χ4n) is 3.44. The molecule has 0 bridgehead atoms. The van der Waals surface area contributed by atoms with Crippen molar-refractivity contribution in [1.29, 1.82) is 0 Å². The van der Waals surface area contributed by atoms with Gasteiger partial charge in [-0.15, -0.1) is 0 Å². The van der Waals surface area contributed by atoms with E-state index in [9.17, 15) is 9.59 Å². The lowest BCUT2D eigenvalue weighted by atomic mass is 10.0. The van der Waals surface area contributed by atoms with Crippen LogP contribution in [0.2, 0.25) is 0 Å². The highest BCUT2D eigenvalue weighted by molar-refractivity contribution is 5.92. The van der Waals surface area contributed by atoms with E-state index in [0.717, 1.165) is 19.6 Å². The van der Waals surface area contributed by atoms with Crippen LogP contribution >= 0.6 is 0 Å². The zero-order valence-corrected chi connectivity index (χ0v) is 16.5. The third-order valence-electron chi connectivity index (χ3n) is 5.26. The van der Waals surface area contributed by atoms with Gasteiger partial charge in [0, 0.05) is 38.4 Å². The molecule has 2 aromatic rings. The highest BCUT2D eigenvalue weighted by atomic mass is 16.6. The van der Waals surface area contributed by atoms with Crippen LogP contribution in [0.5, 0.6) is 5.75 Å². The van der Waals surface area contributed by atoms with Crippen LogP contribution in [0.1, 0.15) is 34.0 Å². The Kier molecular flexibility index (Phi) is 5.94. The van der Waals surface area contributed by atoms with Gasteiger partial charge in [-0.2, -0.15) is 0 Å². The number of amides is 2. The van der Waals surface area contributed by atoms with Crippen molar-refractivity contribution < 1.29 is 14.3 Å². The molecule has 2 N–H and O–H groups in total. The van der Waals surface area contributed by atoms with E-state index in [-0.39, 0.29) is 17.4 Å². The molecule has 1 fully saturated rings. The van der Waals surface area contributed by atoms with Crippen LogP contribution in [0.15, 0.2) is 36.7 Å². The van der Waals surface area contributed by atoms with Crippen molar-refractivity contribution in [3.05, 3.63) is 58.9 Å². The molecule has 0 aliphatic carbocycles. The lowest BCUT2D eigenvalue weighted by molar-refractivity contribution is 0.0750. The number of pyridine rings is 1. The molecule has 1 aromatic carbocycles. The zero-order valence-electron chi connectivity index (χ0n) is 16.5. The summed E-state index contributed by atoms with van der Waals surface area (Å²) in [4.78, 5) is 31.8. The number of hydrogen-bond donors (Lipinski definition) is 1. The molecule has 3 rings (SSSR count). The minimum absolute atomic E-state index is 0.0126.